The smallest absolute Gasteiger partial charge is 0.147 e. The van der Waals surface area contributed by atoms with Gasteiger partial charge in [0.2, 0.25) is 0 Å². The summed E-state index contributed by atoms with van der Waals surface area (Å²) >= 11 is 0. The van der Waals surface area contributed by atoms with Gasteiger partial charge in [-0.05, 0) is 49.6 Å². The number of nitrogens with one attached hydrogen (secondary N) is 1. The summed E-state index contributed by atoms with van der Waals surface area (Å²) in [5.74, 6) is -0.593. The van der Waals surface area contributed by atoms with E-state index in [0.717, 1.165) is 41.5 Å². The molecule has 3 N–H and O–H groups in total. The van der Waals surface area contributed by atoms with Gasteiger partial charge in [-0.2, -0.15) is 0 Å². The van der Waals surface area contributed by atoms with Crippen molar-refractivity contribution in [2.45, 2.75) is 19.3 Å². The average Bonchev–Trinajstić information content (AvgIpc) is 2.88. The van der Waals surface area contributed by atoms with E-state index in [4.69, 9.17) is 5.73 Å². The Bertz CT molecular complexity index is 793. The van der Waals surface area contributed by atoms with E-state index in [1.165, 1.54) is 18.2 Å². The Morgan fingerprint density at radius 2 is 1.82 bits per heavy atom. The molecular formula is C18H18F2N2. The second-order valence-corrected chi connectivity index (χ2v) is 5.40. The van der Waals surface area contributed by atoms with Gasteiger partial charge in [-0.1, -0.05) is 24.3 Å². The minimum atomic E-state index is -0.301. The summed E-state index contributed by atoms with van der Waals surface area (Å²) in [6, 6.07) is 11.4. The van der Waals surface area contributed by atoms with Crippen LogP contribution < -0.4 is 5.73 Å². The number of aromatic nitrogens is 1. The quantitative estimate of drug-likeness (QED) is 0.674. The third-order valence-corrected chi connectivity index (χ3v) is 3.88. The van der Waals surface area contributed by atoms with E-state index < -0.39 is 0 Å². The maximum Gasteiger partial charge on any atom is 0.147 e. The van der Waals surface area contributed by atoms with Gasteiger partial charge >= 0.3 is 0 Å². The van der Waals surface area contributed by atoms with Crippen molar-refractivity contribution in [3.63, 3.8) is 0 Å². The zero-order valence-electron chi connectivity index (χ0n) is 12.2. The number of unbranched alkanes of at least 4 members (excludes halogenated alkanes) is 1. The summed E-state index contributed by atoms with van der Waals surface area (Å²) in [5.41, 5.74) is 8.58. The third-order valence-electron chi connectivity index (χ3n) is 3.88. The lowest BCUT2D eigenvalue weighted by Gasteiger charge is -2.05. The van der Waals surface area contributed by atoms with Gasteiger partial charge < -0.3 is 10.7 Å². The van der Waals surface area contributed by atoms with Crippen LogP contribution in [0.4, 0.5) is 8.78 Å². The molecule has 0 saturated carbocycles. The minimum absolute atomic E-state index is 0.291. The maximum absolute atomic E-state index is 14.0. The number of halogens is 2. The van der Waals surface area contributed by atoms with Crippen LogP contribution in [-0.4, -0.2) is 11.5 Å². The number of aryl methyl sites for hydroxylation is 1. The molecule has 3 rings (SSSR count). The first kappa shape index (κ1) is 14.7. The molecule has 0 spiro atoms. The van der Waals surface area contributed by atoms with Crippen LogP contribution >= 0.6 is 0 Å². The van der Waals surface area contributed by atoms with Gasteiger partial charge in [0.1, 0.15) is 11.6 Å². The summed E-state index contributed by atoms with van der Waals surface area (Å²) in [4.78, 5) is 3.13. The number of H-pyrrole nitrogens is 1. The van der Waals surface area contributed by atoms with Gasteiger partial charge in [0.25, 0.3) is 0 Å². The van der Waals surface area contributed by atoms with Crippen LogP contribution in [0, 0.1) is 11.6 Å². The Labute approximate surface area is 128 Å². The van der Waals surface area contributed by atoms with Crippen LogP contribution in [-0.2, 0) is 6.42 Å². The van der Waals surface area contributed by atoms with Crippen LogP contribution in [0.2, 0.25) is 0 Å². The topological polar surface area (TPSA) is 41.8 Å². The second kappa shape index (κ2) is 6.28. The van der Waals surface area contributed by atoms with E-state index in [0.29, 0.717) is 12.1 Å². The lowest BCUT2D eigenvalue weighted by atomic mass is 10.0. The van der Waals surface area contributed by atoms with Crippen molar-refractivity contribution in [2.24, 2.45) is 5.73 Å². The number of rotatable bonds is 5. The van der Waals surface area contributed by atoms with E-state index in [9.17, 15) is 8.78 Å². The average molecular weight is 300 g/mol. The monoisotopic (exact) mass is 300 g/mol. The highest BCUT2D eigenvalue weighted by atomic mass is 19.1. The number of benzene rings is 2. The van der Waals surface area contributed by atoms with E-state index in [1.807, 2.05) is 12.1 Å². The zero-order valence-corrected chi connectivity index (χ0v) is 12.2. The number of para-hydroxylation sites is 1. The molecule has 0 unspecified atom stereocenters. The molecule has 0 aliphatic carbocycles. The highest BCUT2D eigenvalue weighted by Gasteiger charge is 2.15. The molecule has 0 radical (unpaired) electrons. The first-order valence-electron chi connectivity index (χ1n) is 7.46. The summed E-state index contributed by atoms with van der Waals surface area (Å²) in [6.07, 6.45) is 2.61. The summed E-state index contributed by atoms with van der Waals surface area (Å²) < 4.78 is 27.6. The standard InChI is InChI=1S/C18H18F2N2/c19-13-6-3-5-12(11-13)17-14(7-1-2-10-21)15-8-4-9-16(20)18(15)22-17/h3-6,8-9,11,22H,1-2,7,10,21H2. The van der Waals surface area contributed by atoms with Crippen LogP contribution in [0.5, 0.6) is 0 Å². The summed E-state index contributed by atoms with van der Waals surface area (Å²) in [6.45, 7) is 0.631. The predicted octanol–water partition coefficient (Wildman–Crippen LogP) is 4.39. The van der Waals surface area contributed by atoms with Crippen molar-refractivity contribution in [3.8, 4) is 11.3 Å². The van der Waals surface area contributed by atoms with E-state index in [-0.39, 0.29) is 11.6 Å². The number of hydrogen-bond donors (Lipinski definition) is 2. The number of nitrogens with two attached hydrogens (primary N) is 1. The van der Waals surface area contributed by atoms with Crippen molar-refractivity contribution >= 4 is 10.9 Å². The normalized spacial score (nSPS) is 11.2. The van der Waals surface area contributed by atoms with Gasteiger partial charge in [-0.3, -0.25) is 0 Å². The molecule has 1 heterocycles. The predicted molar refractivity (Wildman–Crippen MR) is 85.6 cm³/mol. The fourth-order valence-electron chi connectivity index (χ4n) is 2.83. The Kier molecular flexibility index (Phi) is 4.20. The van der Waals surface area contributed by atoms with E-state index in [2.05, 4.69) is 4.98 Å². The highest BCUT2D eigenvalue weighted by molar-refractivity contribution is 5.91. The number of hydrogen-bond acceptors (Lipinski definition) is 1. The van der Waals surface area contributed by atoms with Crippen LogP contribution in [0.15, 0.2) is 42.5 Å². The molecule has 0 aliphatic rings. The molecule has 0 saturated heterocycles. The molecule has 1 aromatic heterocycles. The molecule has 0 aliphatic heterocycles. The van der Waals surface area contributed by atoms with Crippen LogP contribution in [0.25, 0.3) is 22.2 Å². The third kappa shape index (κ3) is 2.74. The van der Waals surface area contributed by atoms with Gasteiger partial charge in [-0.15, -0.1) is 0 Å². The number of fused-ring (bicyclic) bond motifs is 1. The molecule has 0 fully saturated rings. The maximum atomic E-state index is 14.0. The van der Waals surface area contributed by atoms with Crippen molar-refractivity contribution in [1.29, 1.82) is 0 Å². The molecule has 22 heavy (non-hydrogen) atoms. The molecule has 2 nitrogen and oxygen atoms in total. The van der Waals surface area contributed by atoms with Gasteiger partial charge in [-0.25, -0.2) is 8.78 Å². The molecule has 114 valence electrons. The Morgan fingerprint density at radius 3 is 2.59 bits per heavy atom. The Balaban J connectivity index is 2.15. The molecule has 4 heteroatoms. The first-order valence-corrected chi connectivity index (χ1v) is 7.46. The van der Waals surface area contributed by atoms with Crippen molar-refractivity contribution in [3.05, 3.63) is 59.7 Å². The summed E-state index contributed by atoms with van der Waals surface area (Å²) in [5, 5.41) is 0.858. The van der Waals surface area contributed by atoms with Crippen molar-refractivity contribution in [1.82, 2.24) is 4.98 Å². The Hall–Kier alpha value is -2.20. The fraction of sp³-hybridized carbons (Fsp3) is 0.222. The van der Waals surface area contributed by atoms with E-state index in [1.54, 1.807) is 12.1 Å². The molecule has 0 amide bonds. The van der Waals surface area contributed by atoms with Gasteiger partial charge in [0.05, 0.1) is 5.52 Å². The summed E-state index contributed by atoms with van der Waals surface area (Å²) in [7, 11) is 0. The van der Waals surface area contributed by atoms with Gasteiger partial charge in [0, 0.05) is 16.6 Å². The molecule has 2 aromatic carbocycles. The first-order chi connectivity index (χ1) is 10.7. The molecule has 3 aromatic rings. The van der Waals surface area contributed by atoms with Gasteiger partial charge in [0.15, 0.2) is 0 Å². The second-order valence-electron chi connectivity index (χ2n) is 5.40. The minimum Gasteiger partial charge on any atom is -0.352 e. The molecule has 0 bridgehead atoms. The SMILES string of the molecule is NCCCCc1c(-c2cccc(F)c2)[nH]c2c(F)cccc12. The fourth-order valence-corrected chi connectivity index (χ4v) is 2.83. The lowest BCUT2D eigenvalue weighted by molar-refractivity contribution is 0.628. The van der Waals surface area contributed by atoms with Crippen molar-refractivity contribution in [2.75, 3.05) is 6.54 Å². The number of aromatic amines is 1. The highest BCUT2D eigenvalue weighted by Crippen LogP contribution is 2.32. The Morgan fingerprint density at radius 1 is 1.00 bits per heavy atom. The van der Waals surface area contributed by atoms with E-state index >= 15 is 0 Å². The zero-order chi connectivity index (χ0) is 15.5. The van der Waals surface area contributed by atoms with Crippen LogP contribution in [0.3, 0.4) is 0 Å². The largest absolute Gasteiger partial charge is 0.352 e. The van der Waals surface area contributed by atoms with Crippen molar-refractivity contribution < 1.29 is 8.78 Å². The molecule has 0 atom stereocenters. The van der Waals surface area contributed by atoms with Crippen LogP contribution in [0.1, 0.15) is 18.4 Å². The lowest BCUT2D eigenvalue weighted by Crippen LogP contribution is -1.99. The molecular weight excluding hydrogens is 282 g/mol.